The molecule has 1 amide bonds. The average molecular weight is 270 g/mol. The molecule has 2 rings (SSSR count). The van der Waals surface area contributed by atoms with Crippen LogP contribution < -0.4 is 15.8 Å². The Bertz CT molecular complexity index is 529. The average Bonchev–Trinajstić information content (AvgIpc) is 2.52. The van der Waals surface area contributed by atoms with E-state index < -0.39 is 6.04 Å². The fraction of sp³-hybridized carbons (Fsp3) is 0.188. The molecule has 0 aliphatic carbocycles. The van der Waals surface area contributed by atoms with Crippen molar-refractivity contribution in [2.75, 3.05) is 13.2 Å². The lowest BCUT2D eigenvalue weighted by atomic mass is 10.1. The van der Waals surface area contributed by atoms with E-state index in [-0.39, 0.29) is 5.91 Å². The van der Waals surface area contributed by atoms with Crippen molar-refractivity contribution < 1.29 is 9.53 Å². The van der Waals surface area contributed by atoms with Crippen molar-refractivity contribution in [1.82, 2.24) is 5.32 Å². The van der Waals surface area contributed by atoms with Crippen LogP contribution in [-0.2, 0) is 4.79 Å². The molecule has 0 aromatic heterocycles. The Morgan fingerprint density at radius 1 is 1.05 bits per heavy atom. The number of nitrogens with one attached hydrogen (secondary N) is 1. The van der Waals surface area contributed by atoms with E-state index in [2.05, 4.69) is 5.32 Å². The number of ether oxygens (including phenoxy) is 1. The van der Waals surface area contributed by atoms with E-state index >= 15 is 0 Å². The molecule has 0 fully saturated rings. The normalized spacial score (nSPS) is 11.7. The van der Waals surface area contributed by atoms with Crippen molar-refractivity contribution in [3.8, 4) is 5.75 Å². The Labute approximate surface area is 118 Å². The Morgan fingerprint density at radius 3 is 2.30 bits per heavy atom. The first-order chi connectivity index (χ1) is 9.77. The summed E-state index contributed by atoms with van der Waals surface area (Å²) < 4.78 is 5.49. The second-order valence-corrected chi connectivity index (χ2v) is 4.34. The lowest BCUT2D eigenvalue weighted by Gasteiger charge is -2.13. The van der Waals surface area contributed by atoms with Gasteiger partial charge in [0.05, 0.1) is 6.54 Å². The van der Waals surface area contributed by atoms with Gasteiger partial charge in [-0.15, -0.1) is 0 Å². The number of amides is 1. The molecule has 0 aliphatic heterocycles. The topological polar surface area (TPSA) is 64.4 Å². The monoisotopic (exact) mass is 270 g/mol. The number of hydrogen-bond acceptors (Lipinski definition) is 3. The smallest absolute Gasteiger partial charge is 0.241 e. The van der Waals surface area contributed by atoms with Crippen molar-refractivity contribution in [3.63, 3.8) is 0 Å². The molecule has 0 spiro atoms. The minimum atomic E-state index is -0.645. The van der Waals surface area contributed by atoms with Gasteiger partial charge in [-0.3, -0.25) is 4.79 Å². The van der Waals surface area contributed by atoms with Crippen LogP contribution in [-0.4, -0.2) is 19.1 Å². The van der Waals surface area contributed by atoms with E-state index in [9.17, 15) is 4.79 Å². The van der Waals surface area contributed by atoms with Gasteiger partial charge in [0.25, 0.3) is 0 Å². The summed E-state index contributed by atoms with van der Waals surface area (Å²) in [6.45, 7) is 0.839. The predicted molar refractivity (Wildman–Crippen MR) is 78.3 cm³/mol. The summed E-state index contributed by atoms with van der Waals surface area (Å²) in [7, 11) is 0. The second-order valence-electron chi connectivity index (χ2n) is 4.34. The van der Waals surface area contributed by atoms with Gasteiger partial charge in [0.15, 0.2) is 0 Å². The van der Waals surface area contributed by atoms with Gasteiger partial charge in [-0.1, -0.05) is 48.5 Å². The highest BCUT2D eigenvalue weighted by atomic mass is 16.5. The van der Waals surface area contributed by atoms with E-state index in [0.717, 1.165) is 11.3 Å². The summed E-state index contributed by atoms with van der Waals surface area (Å²) in [5.41, 5.74) is 6.68. The number of para-hydroxylation sites is 1. The van der Waals surface area contributed by atoms with E-state index in [1.807, 2.05) is 60.7 Å². The van der Waals surface area contributed by atoms with Gasteiger partial charge in [0, 0.05) is 0 Å². The van der Waals surface area contributed by atoms with E-state index in [1.54, 1.807) is 0 Å². The summed E-state index contributed by atoms with van der Waals surface area (Å²) in [6, 6.07) is 18.1. The van der Waals surface area contributed by atoms with Crippen LogP contribution in [0.2, 0.25) is 0 Å². The highest BCUT2D eigenvalue weighted by Gasteiger charge is 2.14. The maximum Gasteiger partial charge on any atom is 0.241 e. The van der Waals surface area contributed by atoms with Crippen molar-refractivity contribution in [2.45, 2.75) is 6.04 Å². The molecular weight excluding hydrogens is 252 g/mol. The minimum absolute atomic E-state index is 0.201. The highest BCUT2D eigenvalue weighted by Crippen LogP contribution is 2.09. The van der Waals surface area contributed by atoms with Crippen LogP contribution in [0.25, 0.3) is 0 Å². The Balaban J connectivity index is 1.73. The van der Waals surface area contributed by atoms with Crippen LogP contribution >= 0.6 is 0 Å². The Kier molecular flexibility index (Phi) is 5.15. The first-order valence-electron chi connectivity index (χ1n) is 6.53. The zero-order chi connectivity index (χ0) is 14.2. The maximum absolute atomic E-state index is 11.9. The van der Waals surface area contributed by atoms with Crippen molar-refractivity contribution in [1.29, 1.82) is 0 Å². The molecule has 0 saturated heterocycles. The van der Waals surface area contributed by atoms with Gasteiger partial charge in [-0.25, -0.2) is 0 Å². The minimum Gasteiger partial charge on any atom is -0.492 e. The first-order valence-corrected chi connectivity index (χ1v) is 6.53. The van der Waals surface area contributed by atoms with Crippen LogP contribution in [0.5, 0.6) is 5.75 Å². The highest BCUT2D eigenvalue weighted by molar-refractivity contribution is 5.82. The number of carbonyl (C=O) groups excluding carboxylic acids is 1. The Morgan fingerprint density at radius 2 is 1.65 bits per heavy atom. The zero-order valence-corrected chi connectivity index (χ0v) is 11.2. The number of nitrogens with two attached hydrogens (primary N) is 1. The fourth-order valence-corrected chi connectivity index (χ4v) is 1.78. The number of hydrogen-bond donors (Lipinski definition) is 2. The fourth-order valence-electron chi connectivity index (χ4n) is 1.78. The van der Waals surface area contributed by atoms with Crippen molar-refractivity contribution >= 4 is 5.91 Å². The largest absolute Gasteiger partial charge is 0.492 e. The van der Waals surface area contributed by atoms with E-state index in [1.165, 1.54) is 0 Å². The molecule has 0 aliphatic rings. The van der Waals surface area contributed by atoms with Crippen LogP contribution in [0.4, 0.5) is 0 Å². The van der Waals surface area contributed by atoms with E-state index in [4.69, 9.17) is 10.5 Å². The van der Waals surface area contributed by atoms with Crippen LogP contribution in [0.1, 0.15) is 11.6 Å². The molecule has 2 aromatic rings. The lowest BCUT2D eigenvalue weighted by molar-refractivity contribution is -0.122. The summed E-state index contributed by atoms with van der Waals surface area (Å²) in [5.74, 6) is 0.585. The molecule has 0 radical (unpaired) electrons. The maximum atomic E-state index is 11.9. The molecule has 4 nitrogen and oxygen atoms in total. The van der Waals surface area contributed by atoms with Crippen molar-refractivity contribution in [3.05, 3.63) is 66.2 Å². The Hall–Kier alpha value is -2.33. The number of carbonyl (C=O) groups is 1. The standard InChI is InChI=1S/C16H18N2O2/c17-15(13-7-3-1-4-8-13)16(19)18-11-12-20-14-9-5-2-6-10-14/h1-10,15H,11-12,17H2,(H,18,19)/t15-/m1/s1. The summed E-state index contributed by atoms with van der Waals surface area (Å²) >= 11 is 0. The quantitative estimate of drug-likeness (QED) is 0.788. The van der Waals surface area contributed by atoms with Gasteiger partial charge in [-0.05, 0) is 17.7 Å². The lowest BCUT2D eigenvalue weighted by Crippen LogP contribution is -2.36. The molecule has 0 unspecified atom stereocenters. The van der Waals surface area contributed by atoms with Gasteiger partial charge in [0.1, 0.15) is 18.4 Å². The zero-order valence-electron chi connectivity index (χ0n) is 11.2. The first kappa shape index (κ1) is 14.1. The number of rotatable bonds is 6. The molecule has 0 saturated carbocycles. The third-order valence-electron chi connectivity index (χ3n) is 2.85. The van der Waals surface area contributed by atoms with Crippen molar-refractivity contribution in [2.24, 2.45) is 5.73 Å². The summed E-state index contributed by atoms with van der Waals surface area (Å²) in [4.78, 5) is 11.9. The molecule has 0 bridgehead atoms. The molecule has 1 atom stereocenters. The third-order valence-corrected chi connectivity index (χ3v) is 2.85. The molecule has 20 heavy (non-hydrogen) atoms. The van der Waals surface area contributed by atoms with Gasteiger partial charge >= 0.3 is 0 Å². The van der Waals surface area contributed by atoms with Gasteiger partial charge < -0.3 is 15.8 Å². The molecule has 0 heterocycles. The second kappa shape index (κ2) is 7.31. The summed E-state index contributed by atoms with van der Waals surface area (Å²) in [6.07, 6.45) is 0. The van der Waals surface area contributed by atoms with Gasteiger partial charge in [0.2, 0.25) is 5.91 Å². The van der Waals surface area contributed by atoms with Crippen LogP contribution in [0.3, 0.4) is 0 Å². The van der Waals surface area contributed by atoms with Gasteiger partial charge in [-0.2, -0.15) is 0 Å². The van der Waals surface area contributed by atoms with Crippen LogP contribution in [0, 0.1) is 0 Å². The summed E-state index contributed by atoms with van der Waals surface area (Å²) in [5, 5.41) is 2.76. The molecule has 3 N–H and O–H groups in total. The molecule has 2 aromatic carbocycles. The SMILES string of the molecule is N[C@@H](C(=O)NCCOc1ccccc1)c1ccccc1. The molecule has 104 valence electrons. The molecular formula is C16H18N2O2. The molecule has 4 heteroatoms. The number of benzene rings is 2. The van der Waals surface area contributed by atoms with E-state index in [0.29, 0.717) is 13.2 Å². The van der Waals surface area contributed by atoms with Crippen LogP contribution in [0.15, 0.2) is 60.7 Å². The predicted octanol–water partition coefficient (Wildman–Crippen LogP) is 1.88. The third kappa shape index (κ3) is 4.10.